The van der Waals surface area contributed by atoms with Crippen molar-refractivity contribution in [1.29, 1.82) is 0 Å². The number of thioether (sulfide) groups is 1. The van der Waals surface area contributed by atoms with Gasteiger partial charge in [0.15, 0.2) is 0 Å². The molecule has 0 aliphatic carbocycles. The summed E-state index contributed by atoms with van der Waals surface area (Å²) in [5.41, 5.74) is 1.40. The molecule has 5 heteroatoms. The minimum atomic E-state index is 0.0622. The first kappa shape index (κ1) is 17.2. The SMILES string of the molecule is CCNC(=O)N1CC[C@@H](N[C@@H](C)Cc2ccccc2SC)C1. The van der Waals surface area contributed by atoms with Crippen LogP contribution in [-0.2, 0) is 6.42 Å². The highest BCUT2D eigenvalue weighted by molar-refractivity contribution is 7.98. The van der Waals surface area contributed by atoms with Crippen LogP contribution in [0, 0.1) is 0 Å². The zero-order valence-corrected chi connectivity index (χ0v) is 14.6. The van der Waals surface area contributed by atoms with E-state index in [4.69, 9.17) is 0 Å². The molecule has 1 aromatic carbocycles. The number of likely N-dealkylation sites (tertiary alicyclic amines) is 1. The fourth-order valence-electron chi connectivity index (χ4n) is 3.01. The molecule has 1 heterocycles. The fourth-order valence-corrected chi connectivity index (χ4v) is 3.63. The zero-order valence-electron chi connectivity index (χ0n) is 13.8. The van der Waals surface area contributed by atoms with Gasteiger partial charge in [-0.05, 0) is 44.6 Å². The molecule has 2 N–H and O–H groups in total. The van der Waals surface area contributed by atoms with E-state index in [-0.39, 0.29) is 6.03 Å². The highest BCUT2D eigenvalue weighted by atomic mass is 32.2. The van der Waals surface area contributed by atoms with Crippen molar-refractivity contribution in [3.05, 3.63) is 29.8 Å². The lowest BCUT2D eigenvalue weighted by Gasteiger charge is -2.21. The molecule has 1 saturated heterocycles. The normalized spacial score (nSPS) is 19.2. The van der Waals surface area contributed by atoms with Crippen molar-refractivity contribution in [3.8, 4) is 0 Å². The number of nitrogens with one attached hydrogen (secondary N) is 2. The van der Waals surface area contributed by atoms with Crippen LogP contribution in [0.4, 0.5) is 4.79 Å². The van der Waals surface area contributed by atoms with Crippen molar-refractivity contribution in [1.82, 2.24) is 15.5 Å². The Morgan fingerprint density at radius 1 is 1.45 bits per heavy atom. The average Bonchev–Trinajstić information content (AvgIpc) is 2.96. The van der Waals surface area contributed by atoms with Crippen LogP contribution < -0.4 is 10.6 Å². The van der Waals surface area contributed by atoms with Gasteiger partial charge in [0.25, 0.3) is 0 Å². The third-order valence-electron chi connectivity index (χ3n) is 4.04. The van der Waals surface area contributed by atoms with Crippen LogP contribution in [0.3, 0.4) is 0 Å². The number of carbonyl (C=O) groups is 1. The Morgan fingerprint density at radius 3 is 2.95 bits per heavy atom. The van der Waals surface area contributed by atoms with Crippen LogP contribution >= 0.6 is 11.8 Å². The lowest BCUT2D eigenvalue weighted by molar-refractivity contribution is 0.208. The summed E-state index contributed by atoms with van der Waals surface area (Å²) in [4.78, 5) is 15.1. The molecule has 0 saturated carbocycles. The highest BCUT2D eigenvalue weighted by Crippen LogP contribution is 2.21. The van der Waals surface area contributed by atoms with Crippen LogP contribution in [0.1, 0.15) is 25.8 Å². The van der Waals surface area contributed by atoms with Crippen molar-refractivity contribution < 1.29 is 4.79 Å². The van der Waals surface area contributed by atoms with Gasteiger partial charge in [0.1, 0.15) is 0 Å². The molecule has 0 radical (unpaired) electrons. The summed E-state index contributed by atoms with van der Waals surface area (Å²) in [5, 5.41) is 6.55. The van der Waals surface area contributed by atoms with Crippen molar-refractivity contribution in [2.45, 2.75) is 43.7 Å². The number of rotatable bonds is 6. The van der Waals surface area contributed by atoms with Crippen molar-refractivity contribution in [3.63, 3.8) is 0 Å². The van der Waals surface area contributed by atoms with E-state index in [1.807, 2.05) is 11.8 Å². The van der Waals surface area contributed by atoms with Gasteiger partial charge in [-0.3, -0.25) is 0 Å². The Kier molecular flexibility index (Phi) is 6.58. The summed E-state index contributed by atoms with van der Waals surface area (Å²) in [5.74, 6) is 0. The predicted molar refractivity (Wildman–Crippen MR) is 93.6 cm³/mol. The van der Waals surface area contributed by atoms with E-state index in [2.05, 4.69) is 48.1 Å². The van der Waals surface area contributed by atoms with Gasteiger partial charge in [-0.1, -0.05) is 18.2 Å². The topological polar surface area (TPSA) is 44.4 Å². The lowest BCUT2D eigenvalue weighted by Crippen LogP contribution is -2.43. The van der Waals surface area contributed by atoms with Crippen LogP contribution in [-0.4, -0.2) is 48.9 Å². The van der Waals surface area contributed by atoms with E-state index >= 15 is 0 Å². The molecule has 0 spiro atoms. The first-order valence-electron chi connectivity index (χ1n) is 8.04. The minimum Gasteiger partial charge on any atom is -0.338 e. The molecule has 2 atom stereocenters. The van der Waals surface area contributed by atoms with Gasteiger partial charge in [-0.2, -0.15) is 0 Å². The summed E-state index contributed by atoms with van der Waals surface area (Å²) >= 11 is 1.80. The molecule has 22 heavy (non-hydrogen) atoms. The second kappa shape index (κ2) is 8.44. The van der Waals surface area contributed by atoms with Gasteiger partial charge in [0, 0.05) is 36.6 Å². The first-order valence-corrected chi connectivity index (χ1v) is 9.27. The zero-order chi connectivity index (χ0) is 15.9. The summed E-state index contributed by atoms with van der Waals surface area (Å²) in [6.45, 7) is 6.52. The number of benzene rings is 1. The highest BCUT2D eigenvalue weighted by Gasteiger charge is 2.26. The maximum absolute atomic E-state index is 11.8. The first-order chi connectivity index (χ1) is 10.6. The number of carbonyl (C=O) groups excluding carboxylic acids is 1. The lowest BCUT2D eigenvalue weighted by atomic mass is 10.1. The quantitative estimate of drug-likeness (QED) is 0.792. The largest absolute Gasteiger partial charge is 0.338 e. The summed E-state index contributed by atoms with van der Waals surface area (Å²) in [7, 11) is 0. The van der Waals surface area contributed by atoms with Gasteiger partial charge >= 0.3 is 6.03 Å². The summed E-state index contributed by atoms with van der Waals surface area (Å²) in [6.07, 6.45) is 4.18. The molecular weight excluding hydrogens is 294 g/mol. The van der Waals surface area contributed by atoms with Crippen LogP contribution in [0.15, 0.2) is 29.2 Å². The molecule has 122 valence electrons. The molecule has 4 nitrogen and oxygen atoms in total. The third-order valence-corrected chi connectivity index (χ3v) is 4.88. The molecule has 1 fully saturated rings. The number of hydrogen-bond acceptors (Lipinski definition) is 3. The third kappa shape index (κ3) is 4.65. The standard InChI is InChI=1S/C17H27N3OS/c1-4-18-17(21)20-10-9-15(12-20)19-13(2)11-14-7-5-6-8-16(14)22-3/h5-8,13,15,19H,4,9-12H2,1-3H3,(H,18,21)/t13-,15+/m0/s1. The van der Waals surface area contributed by atoms with Crippen LogP contribution in [0.25, 0.3) is 0 Å². The Bertz CT molecular complexity index is 495. The molecule has 1 aliphatic heterocycles. The van der Waals surface area contributed by atoms with E-state index in [0.29, 0.717) is 18.6 Å². The van der Waals surface area contributed by atoms with Crippen molar-refractivity contribution in [2.75, 3.05) is 25.9 Å². The minimum absolute atomic E-state index is 0.0622. The Balaban J connectivity index is 1.83. The monoisotopic (exact) mass is 321 g/mol. The van der Waals surface area contributed by atoms with Crippen molar-refractivity contribution >= 4 is 17.8 Å². The molecule has 2 rings (SSSR count). The van der Waals surface area contributed by atoms with Gasteiger partial charge in [-0.25, -0.2) is 4.79 Å². The average molecular weight is 321 g/mol. The van der Waals surface area contributed by atoms with E-state index in [0.717, 1.165) is 25.9 Å². The Labute approximate surface area is 138 Å². The van der Waals surface area contributed by atoms with E-state index in [1.54, 1.807) is 11.8 Å². The van der Waals surface area contributed by atoms with Gasteiger partial charge in [0.05, 0.1) is 0 Å². The number of hydrogen-bond donors (Lipinski definition) is 2. The Morgan fingerprint density at radius 2 is 2.23 bits per heavy atom. The van der Waals surface area contributed by atoms with Gasteiger partial charge in [-0.15, -0.1) is 11.8 Å². The smallest absolute Gasteiger partial charge is 0.317 e. The molecule has 1 aliphatic rings. The van der Waals surface area contributed by atoms with Gasteiger partial charge in [0.2, 0.25) is 0 Å². The number of urea groups is 1. The molecular formula is C17H27N3OS. The van der Waals surface area contributed by atoms with E-state index in [9.17, 15) is 4.79 Å². The molecule has 0 aromatic heterocycles. The molecule has 2 amide bonds. The molecule has 0 unspecified atom stereocenters. The summed E-state index contributed by atoms with van der Waals surface area (Å²) in [6, 6.07) is 9.46. The second-order valence-electron chi connectivity index (χ2n) is 5.85. The molecule has 0 bridgehead atoms. The number of nitrogens with zero attached hydrogens (tertiary/aromatic N) is 1. The second-order valence-corrected chi connectivity index (χ2v) is 6.70. The maximum Gasteiger partial charge on any atom is 0.317 e. The summed E-state index contributed by atoms with van der Waals surface area (Å²) < 4.78 is 0. The van der Waals surface area contributed by atoms with Crippen molar-refractivity contribution in [2.24, 2.45) is 0 Å². The number of amides is 2. The van der Waals surface area contributed by atoms with E-state index < -0.39 is 0 Å². The fraction of sp³-hybridized carbons (Fsp3) is 0.588. The predicted octanol–water partition coefficient (Wildman–Crippen LogP) is 2.73. The van der Waals surface area contributed by atoms with E-state index in [1.165, 1.54) is 10.5 Å². The van der Waals surface area contributed by atoms with Crippen LogP contribution in [0.5, 0.6) is 0 Å². The Hall–Kier alpha value is -1.20. The van der Waals surface area contributed by atoms with Crippen LogP contribution in [0.2, 0.25) is 0 Å². The molecule has 1 aromatic rings. The van der Waals surface area contributed by atoms with Gasteiger partial charge < -0.3 is 15.5 Å². The maximum atomic E-state index is 11.8.